The topological polar surface area (TPSA) is 58.8 Å². The number of likely N-dealkylation sites (tertiary alicyclic amines) is 1. The highest BCUT2D eigenvalue weighted by atomic mass is 16.5. The summed E-state index contributed by atoms with van der Waals surface area (Å²) in [5.74, 6) is 1.18. The van der Waals surface area contributed by atoms with E-state index in [1.54, 1.807) is 12.0 Å². The number of hydrogen-bond acceptors (Lipinski definition) is 4. The van der Waals surface area contributed by atoms with Gasteiger partial charge >= 0.3 is 0 Å². The Kier molecular flexibility index (Phi) is 5.91. The SMILES string of the molecule is COc1ccccc1CN(C)C(=O)CN1C[C@@H](N)[C@H](c2ccccc2)C1. The van der Waals surface area contributed by atoms with Crippen LogP contribution in [0.4, 0.5) is 0 Å². The molecule has 1 saturated heterocycles. The first-order valence-corrected chi connectivity index (χ1v) is 8.97. The van der Waals surface area contributed by atoms with Crippen molar-refractivity contribution in [1.82, 2.24) is 9.80 Å². The minimum absolute atomic E-state index is 0.0599. The van der Waals surface area contributed by atoms with E-state index in [9.17, 15) is 4.79 Å². The monoisotopic (exact) mass is 353 g/mol. The number of methoxy groups -OCH3 is 1. The summed E-state index contributed by atoms with van der Waals surface area (Å²) in [6, 6.07) is 18.2. The molecular formula is C21H27N3O2. The van der Waals surface area contributed by atoms with E-state index in [0.29, 0.717) is 13.1 Å². The van der Waals surface area contributed by atoms with E-state index in [-0.39, 0.29) is 17.9 Å². The van der Waals surface area contributed by atoms with Crippen molar-refractivity contribution in [1.29, 1.82) is 0 Å². The van der Waals surface area contributed by atoms with Crippen molar-refractivity contribution in [3.05, 3.63) is 65.7 Å². The van der Waals surface area contributed by atoms with E-state index in [0.717, 1.165) is 24.4 Å². The molecule has 0 aromatic heterocycles. The Morgan fingerprint density at radius 2 is 1.85 bits per heavy atom. The van der Waals surface area contributed by atoms with Crippen LogP contribution in [-0.4, -0.2) is 55.5 Å². The van der Waals surface area contributed by atoms with Crippen molar-refractivity contribution in [2.45, 2.75) is 18.5 Å². The lowest BCUT2D eigenvalue weighted by molar-refractivity contribution is -0.131. The third-order valence-electron chi connectivity index (χ3n) is 5.05. The molecule has 0 spiro atoms. The lowest BCUT2D eigenvalue weighted by Gasteiger charge is -2.22. The van der Waals surface area contributed by atoms with Crippen LogP contribution in [0.15, 0.2) is 54.6 Å². The molecule has 1 heterocycles. The van der Waals surface area contributed by atoms with Crippen molar-refractivity contribution in [2.75, 3.05) is 33.8 Å². The molecule has 0 unspecified atom stereocenters. The van der Waals surface area contributed by atoms with Crippen LogP contribution in [-0.2, 0) is 11.3 Å². The lowest BCUT2D eigenvalue weighted by Crippen LogP contribution is -2.38. The second-order valence-corrected chi connectivity index (χ2v) is 6.94. The first-order valence-electron chi connectivity index (χ1n) is 8.97. The van der Waals surface area contributed by atoms with Gasteiger partial charge in [-0.15, -0.1) is 0 Å². The summed E-state index contributed by atoms with van der Waals surface area (Å²) in [6.07, 6.45) is 0. The van der Waals surface area contributed by atoms with Crippen molar-refractivity contribution in [2.24, 2.45) is 5.73 Å². The van der Waals surface area contributed by atoms with Gasteiger partial charge in [0.15, 0.2) is 0 Å². The minimum atomic E-state index is 0.0599. The molecule has 1 aliphatic rings. The predicted molar refractivity (Wildman–Crippen MR) is 103 cm³/mol. The maximum atomic E-state index is 12.7. The molecule has 5 nitrogen and oxygen atoms in total. The fourth-order valence-electron chi connectivity index (χ4n) is 3.58. The number of hydrogen-bond donors (Lipinski definition) is 1. The van der Waals surface area contributed by atoms with Crippen LogP contribution in [0, 0.1) is 0 Å². The average molecular weight is 353 g/mol. The Morgan fingerprint density at radius 3 is 2.58 bits per heavy atom. The zero-order valence-electron chi connectivity index (χ0n) is 15.5. The van der Waals surface area contributed by atoms with Crippen molar-refractivity contribution in [3.63, 3.8) is 0 Å². The molecule has 0 radical (unpaired) electrons. The molecule has 2 aromatic rings. The van der Waals surface area contributed by atoms with Gasteiger partial charge in [-0.1, -0.05) is 48.5 Å². The fourth-order valence-corrected chi connectivity index (χ4v) is 3.58. The van der Waals surface area contributed by atoms with Gasteiger partial charge in [0.25, 0.3) is 0 Å². The van der Waals surface area contributed by atoms with E-state index in [4.69, 9.17) is 10.5 Å². The van der Waals surface area contributed by atoms with E-state index >= 15 is 0 Å². The number of rotatable bonds is 6. The Hall–Kier alpha value is -2.37. The molecule has 0 saturated carbocycles. The smallest absolute Gasteiger partial charge is 0.236 e. The number of nitrogens with zero attached hydrogens (tertiary/aromatic N) is 2. The molecule has 1 amide bonds. The number of para-hydroxylation sites is 1. The quantitative estimate of drug-likeness (QED) is 0.864. The van der Waals surface area contributed by atoms with Crippen LogP contribution in [0.5, 0.6) is 5.75 Å². The molecule has 1 fully saturated rings. The summed E-state index contributed by atoms with van der Waals surface area (Å²) >= 11 is 0. The molecule has 2 atom stereocenters. The standard InChI is InChI=1S/C21H27N3O2/c1-23(12-17-10-6-7-11-20(17)26-2)21(25)15-24-13-18(19(22)14-24)16-8-4-3-5-9-16/h3-11,18-19H,12-15,22H2,1-2H3/t18-,19+/m0/s1. The zero-order chi connectivity index (χ0) is 18.5. The molecule has 1 aliphatic heterocycles. The van der Waals surface area contributed by atoms with Crippen LogP contribution < -0.4 is 10.5 Å². The molecule has 0 aliphatic carbocycles. The van der Waals surface area contributed by atoms with Gasteiger partial charge in [-0.2, -0.15) is 0 Å². The molecule has 0 bridgehead atoms. The molecular weight excluding hydrogens is 326 g/mol. The predicted octanol–water partition coefficient (Wildman–Crippen LogP) is 2.08. The number of ether oxygens (including phenoxy) is 1. The molecule has 5 heteroatoms. The highest BCUT2D eigenvalue weighted by molar-refractivity contribution is 5.78. The van der Waals surface area contributed by atoms with Gasteiger partial charge in [0.1, 0.15) is 5.75 Å². The van der Waals surface area contributed by atoms with Crippen LogP contribution in [0.2, 0.25) is 0 Å². The molecule has 26 heavy (non-hydrogen) atoms. The highest BCUT2D eigenvalue weighted by Gasteiger charge is 2.32. The first kappa shape index (κ1) is 18.4. The number of carbonyl (C=O) groups is 1. The van der Waals surface area contributed by atoms with E-state index in [2.05, 4.69) is 17.0 Å². The van der Waals surface area contributed by atoms with Gasteiger partial charge < -0.3 is 15.4 Å². The average Bonchev–Trinajstić information content (AvgIpc) is 3.03. The van der Waals surface area contributed by atoms with Crippen LogP contribution in [0.1, 0.15) is 17.0 Å². The summed E-state index contributed by atoms with van der Waals surface area (Å²) in [7, 11) is 3.48. The maximum Gasteiger partial charge on any atom is 0.236 e. The number of nitrogens with two attached hydrogens (primary N) is 1. The van der Waals surface area contributed by atoms with E-state index in [1.165, 1.54) is 5.56 Å². The van der Waals surface area contributed by atoms with Gasteiger partial charge in [0.05, 0.1) is 13.7 Å². The van der Waals surface area contributed by atoms with Crippen molar-refractivity contribution < 1.29 is 9.53 Å². The number of benzene rings is 2. The highest BCUT2D eigenvalue weighted by Crippen LogP contribution is 2.26. The Balaban J connectivity index is 1.58. The zero-order valence-corrected chi connectivity index (χ0v) is 15.5. The molecule has 2 N–H and O–H groups in total. The van der Waals surface area contributed by atoms with Crippen LogP contribution >= 0.6 is 0 Å². The molecule has 2 aromatic carbocycles. The van der Waals surface area contributed by atoms with Crippen LogP contribution in [0.3, 0.4) is 0 Å². The van der Waals surface area contributed by atoms with E-state index in [1.807, 2.05) is 49.5 Å². The fraction of sp³-hybridized carbons (Fsp3) is 0.381. The third kappa shape index (κ3) is 4.23. The van der Waals surface area contributed by atoms with Gasteiger partial charge in [0, 0.05) is 44.2 Å². The minimum Gasteiger partial charge on any atom is -0.496 e. The second kappa shape index (κ2) is 8.34. The molecule has 138 valence electrons. The number of amides is 1. The number of likely N-dealkylation sites (N-methyl/N-ethyl adjacent to an activating group) is 1. The maximum absolute atomic E-state index is 12.7. The first-order chi connectivity index (χ1) is 12.6. The largest absolute Gasteiger partial charge is 0.496 e. The summed E-state index contributed by atoms with van der Waals surface area (Å²) in [4.78, 5) is 16.6. The Labute approximate surface area is 155 Å². The summed E-state index contributed by atoms with van der Waals surface area (Å²) in [5, 5.41) is 0. The van der Waals surface area contributed by atoms with Gasteiger partial charge in [-0.05, 0) is 11.6 Å². The van der Waals surface area contributed by atoms with Gasteiger partial charge in [-0.3, -0.25) is 9.69 Å². The van der Waals surface area contributed by atoms with Gasteiger partial charge in [0.2, 0.25) is 5.91 Å². The van der Waals surface area contributed by atoms with Crippen molar-refractivity contribution >= 4 is 5.91 Å². The van der Waals surface area contributed by atoms with Crippen molar-refractivity contribution in [3.8, 4) is 5.75 Å². The van der Waals surface area contributed by atoms with Crippen LogP contribution in [0.25, 0.3) is 0 Å². The van der Waals surface area contributed by atoms with E-state index < -0.39 is 0 Å². The summed E-state index contributed by atoms with van der Waals surface area (Å²) in [6.45, 7) is 2.49. The molecule has 3 rings (SSSR count). The second-order valence-electron chi connectivity index (χ2n) is 6.94. The Bertz CT molecular complexity index is 735. The Morgan fingerprint density at radius 1 is 1.15 bits per heavy atom. The van der Waals surface area contributed by atoms with Gasteiger partial charge in [-0.25, -0.2) is 0 Å². The normalized spacial score (nSPS) is 20.1. The lowest BCUT2D eigenvalue weighted by atomic mass is 9.95. The summed E-state index contributed by atoms with van der Waals surface area (Å²) < 4.78 is 5.37. The summed E-state index contributed by atoms with van der Waals surface area (Å²) in [5.41, 5.74) is 8.58. The third-order valence-corrected chi connectivity index (χ3v) is 5.05. The number of carbonyl (C=O) groups excluding carboxylic acids is 1.